The van der Waals surface area contributed by atoms with E-state index in [2.05, 4.69) is 0 Å². The van der Waals surface area contributed by atoms with Crippen molar-refractivity contribution in [2.24, 2.45) is 5.73 Å². The van der Waals surface area contributed by atoms with Crippen molar-refractivity contribution in [3.05, 3.63) is 70.8 Å². The second kappa shape index (κ2) is 4.98. The maximum atomic E-state index is 12.6. The van der Waals surface area contributed by atoms with E-state index in [0.717, 1.165) is 16.7 Å². The predicted molar refractivity (Wildman–Crippen MR) is 78.2 cm³/mol. The van der Waals surface area contributed by atoms with Crippen molar-refractivity contribution >= 4 is 5.78 Å². The molecule has 1 unspecified atom stereocenters. The summed E-state index contributed by atoms with van der Waals surface area (Å²) in [6.45, 7) is 5.74. The van der Waals surface area contributed by atoms with Gasteiger partial charge in [0, 0.05) is 5.56 Å². The molecule has 2 nitrogen and oxygen atoms in total. The Labute approximate surface area is 114 Å². The van der Waals surface area contributed by atoms with Crippen molar-refractivity contribution in [1.29, 1.82) is 0 Å². The predicted octanol–water partition coefficient (Wildman–Crippen LogP) is 3.36. The summed E-state index contributed by atoms with van der Waals surface area (Å²) in [7, 11) is 0. The third kappa shape index (κ3) is 2.74. The van der Waals surface area contributed by atoms with Crippen molar-refractivity contribution in [3.63, 3.8) is 0 Å². The highest BCUT2D eigenvalue weighted by atomic mass is 16.1. The standard InChI is InChI=1S/C17H19NO/c1-12-9-13(2)11-14(10-12)16(19)17(3,18)15-7-5-4-6-8-15/h4-11H,18H2,1-3H3. The Hall–Kier alpha value is -1.93. The van der Waals surface area contributed by atoms with E-state index in [1.165, 1.54) is 0 Å². The van der Waals surface area contributed by atoms with Gasteiger partial charge < -0.3 is 5.73 Å². The normalized spacial score (nSPS) is 13.9. The minimum Gasteiger partial charge on any atom is -0.315 e. The second-order valence-electron chi connectivity index (χ2n) is 5.27. The van der Waals surface area contributed by atoms with Crippen LogP contribution >= 0.6 is 0 Å². The van der Waals surface area contributed by atoms with Gasteiger partial charge in [-0.25, -0.2) is 0 Å². The molecule has 2 heteroatoms. The topological polar surface area (TPSA) is 43.1 Å². The molecule has 0 radical (unpaired) electrons. The van der Waals surface area contributed by atoms with Crippen LogP contribution in [0, 0.1) is 13.8 Å². The number of hydrogen-bond acceptors (Lipinski definition) is 2. The molecule has 0 bridgehead atoms. The first-order valence-electron chi connectivity index (χ1n) is 6.39. The molecule has 2 N–H and O–H groups in total. The van der Waals surface area contributed by atoms with Gasteiger partial charge in [0.05, 0.1) is 0 Å². The van der Waals surface area contributed by atoms with Crippen molar-refractivity contribution in [3.8, 4) is 0 Å². The van der Waals surface area contributed by atoms with E-state index >= 15 is 0 Å². The third-order valence-corrected chi connectivity index (χ3v) is 3.33. The lowest BCUT2D eigenvalue weighted by Gasteiger charge is -2.24. The summed E-state index contributed by atoms with van der Waals surface area (Å²) >= 11 is 0. The molecule has 19 heavy (non-hydrogen) atoms. The van der Waals surface area contributed by atoms with E-state index in [9.17, 15) is 4.79 Å². The molecule has 2 aromatic rings. The molecule has 2 aromatic carbocycles. The molecule has 1 atom stereocenters. The highest BCUT2D eigenvalue weighted by Crippen LogP contribution is 2.23. The number of nitrogens with two attached hydrogens (primary N) is 1. The second-order valence-corrected chi connectivity index (χ2v) is 5.27. The van der Waals surface area contributed by atoms with Crippen molar-refractivity contribution in [1.82, 2.24) is 0 Å². The molecular weight excluding hydrogens is 234 g/mol. The number of ketones is 1. The molecule has 0 aliphatic heterocycles. The Morgan fingerprint density at radius 2 is 1.53 bits per heavy atom. The van der Waals surface area contributed by atoms with Crippen LogP contribution < -0.4 is 5.73 Å². The van der Waals surface area contributed by atoms with Gasteiger partial charge in [0.25, 0.3) is 0 Å². The molecule has 0 heterocycles. The summed E-state index contributed by atoms with van der Waals surface area (Å²) < 4.78 is 0. The van der Waals surface area contributed by atoms with Crippen LogP contribution in [0.25, 0.3) is 0 Å². The average molecular weight is 253 g/mol. The monoisotopic (exact) mass is 253 g/mol. The summed E-state index contributed by atoms with van der Waals surface area (Å²) in [6, 6.07) is 15.3. The molecule has 98 valence electrons. The average Bonchev–Trinajstić information content (AvgIpc) is 2.37. The summed E-state index contributed by atoms with van der Waals surface area (Å²) in [5, 5.41) is 0. The highest BCUT2D eigenvalue weighted by molar-refractivity contribution is 6.03. The quantitative estimate of drug-likeness (QED) is 0.852. The van der Waals surface area contributed by atoms with Gasteiger partial charge in [0.1, 0.15) is 5.54 Å². The van der Waals surface area contributed by atoms with Crippen LogP contribution in [0.5, 0.6) is 0 Å². The van der Waals surface area contributed by atoms with Crippen molar-refractivity contribution in [2.45, 2.75) is 26.3 Å². The minimum atomic E-state index is -0.999. The zero-order valence-electron chi connectivity index (χ0n) is 11.6. The Morgan fingerprint density at radius 1 is 1.00 bits per heavy atom. The van der Waals surface area contributed by atoms with Crippen LogP contribution in [0.1, 0.15) is 34.0 Å². The Bertz CT molecular complexity index is 580. The maximum Gasteiger partial charge on any atom is 0.186 e. The van der Waals surface area contributed by atoms with Crippen LogP contribution in [0.15, 0.2) is 48.5 Å². The Kier molecular flexibility index (Phi) is 3.54. The van der Waals surface area contributed by atoms with Gasteiger partial charge in [-0.2, -0.15) is 0 Å². The molecular formula is C17H19NO. The van der Waals surface area contributed by atoms with Gasteiger partial charge >= 0.3 is 0 Å². The van der Waals surface area contributed by atoms with E-state index in [0.29, 0.717) is 5.56 Å². The van der Waals surface area contributed by atoms with E-state index in [4.69, 9.17) is 5.73 Å². The van der Waals surface area contributed by atoms with Crippen LogP contribution in [0.2, 0.25) is 0 Å². The molecule has 0 saturated carbocycles. The number of benzene rings is 2. The highest BCUT2D eigenvalue weighted by Gasteiger charge is 2.31. The first kappa shape index (κ1) is 13.5. The fourth-order valence-electron chi connectivity index (χ4n) is 2.32. The zero-order chi connectivity index (χ0) is 14.0. The molecule has 0 aromatic heterocycles. The van der Waals surface area contributed by atoms with Crippen LogP contribution in [0.3, 0.4) is 0 Å². The van der Waals surface area contributed by atoms with Gasteiger partial charge in [0.2, 0.25) is 0 Å². The summed E-state index contributed by atoms with van der Waals surface area (Å²) in [5.41, 5.74) is 8.92. The SMILES string of the molecule is Cc1cc(C)cc(C(=O)C(C)(N)c2ccccc2)c1. The van der Waals surface area contributed by atoms with Gasteiger partial charge in [-0.1, -0.05) is 47.5 Å². The number of aryl methyl sites for hydroxylation is 2. The fraction of sp³-hybridized carbons (Fsp3) is 0.235. The van der Waals surface area contributed by atoms with E-state index in [1.807, 2.05) is 62.4 Å². The lowest BCUT2D eigenvalue weighted by molar-refractivity contribution is 0.0899. The number of rotatable bonds is 3. The van der Waals surface area contributed by atoms with Gasteiger partial charge in [-0.05, 0) is 38.5 Å². The minimum absolute atomic E-state index is 0.0505. The van der Waals surface area contributed by atoms with E-state index < -0.39 is 5.54 Å². The summed E-state index contributed by atoms with van der Waals surface area (Å²) in [5.74, 6) is -0.0505. The molecule has 0 fully saturated rings. The molecule has 0 aliphatic carbocycles. The van der Waals surface area contributed by atoms with Gasteiger partial charge in [-0.15, -0.1) is 0 Å². The fourth-order valence-corrected chi connectivity index (χ4v) is 2.32. The molecule has 2 rings (SSSR count). The number of hydrogen-bond donors (Lipinski definition) is 1. The maximum absolute atomic E-state index is 12.6. The Morgan fingerprint density at radius 3 is 2.05 bits per heavy atom. The molecule has 0 saturated heterocycles. The zero-order valence-corrected chi connectivity index (χ0v) is 11.6. The summed E-state index contributed by atoms with van der Waals surface area (Å²) in [4.78, 5) is 12.6. The van der Waals surface area contributed by atoms with Crippen molar-refractivity contribution < 1.29 is 4.79 Å². The lowest BCUT2D eigenvalue weighted by atomic mass is 9.84. The van der Waals surface area contributed by atoms with E-state index in [1.54, 1.807) is 6.92 Å². The molecule has 0 spiro atoms. The molecule has 0 aliphatic rings. The first-order chi connectivity index (χ1) is 8.91. The van der Waals surface area contributed by atoms with Gasteiger partial charge in [-0.3, -0.25) is 4.79 Å². The van der Waals surface area contributed by atoms with Gasteiger partial charge in [0.15, 0.2) is 5.78 Å². The molecule has 0 amide bonds. The van der Waals surface area contributed by atoms with Crippen LogP contribution in [-0.4, -0.2) is 5.78 Å². The summed E-state index contributed by atoms with van der Waals surface area (Å²) in [6.07, 6.45) is 0. The number of carbonyl (C=O) groups excluding carboxylic acids is 1. The number of carbonyl (C=O) groups is 1. The largest absolute Gasteiger partial charge is 0.315 e. The number of Topliss-reactive ketones (excluding diaryl/α,β-unsaturated/α-hetero) is 1. The van der Waals surface area contributed by atoms with Crippen LogP contribution in [0.4, 0.5) is 0 Å². The van der Waals surface area contributed by atoms with Crippen molar-refractivity contribution in [2.75, 3.05) is 0 Å². The Balaban J connectivity index is 2.43. The lowest BCUT2D eigenvalue weighted by Crippen LogP contribution is -2.41. The van der Waals surface area contributed by atoms with E-state index in [-0.39, 0.29) is 5.78 Å². The first-order valence-corrected chi connectivity index (χ1v) is 6.39. The smallest absolute Gasteiger partial charge is 0.186 e. The third-order valence-electron chi connectivity index (χ3n) is 3.33. The van der Waals surface area contributed by atoms with Crippen LogP contribution in [-0.2, 0) is 5.54 Å².